The van der Waals surface area contributed by atoms with E-state index in [4.69, 9.17) is 21.1 Å². The van der Waals surface area contributed by atoms with Crippen molar-refractivity contribution in [2.45, 2.75) is 13.0 Å². The number of ether oxygens (including phenoxy) is 2. The number of carbonyl (C=O) groups excluding carboxylic acids is 2. The Hall–Kier alpha value is -3.20. The van der Waals surface area contributed by atoms with Gasteiger partial charge in [-0.15, -0.1) is 0 Å². The Balaban J connectivity index is 1.83. The van der Waals surface area contributed by atoms with Gasteiger partial charge in [-0.1, -0.05) is 11.6 Å². The van der Waals surface area contributed by atoms with Crippen LogP contribution in [0.2, 0.25) is 5.02 Å². The van der Waals surface area contributed by atoms with E-state index in [0.717, 1.165) is 12.1 Å². The van der Waals surface area contributed by atoms with Crippen LogP contribution in [0.5, 0.6) is 5.75 Å². The topological polar surface area (TPSA) is 108 Å². The maximum absolute atomic E-state index is 13.0. The van der Waals surface area contributed by atoms with Crippen LogP contribution in [-0.4, -0.2) is 29.5 Å². The van der Waals surface area contributed by atoms with Crippen molar-refractivity contribution in [2.75, 3.05) is 11.9 Å². The van der Waals surface area contributed by atoms with Crippen molar-refractivity contribution in [3.8, 4) is 5.75 Å². The Kier molecular flexibility index (Phi) is 6.67. The summed E-state index contributed by atoms with van der Waals surface area (Å²) in [5, 5.41) is 13.0. The van der Waals surface area contributed by atoms with Crippen molar-refractivity contribution in [3.63, 3.8) is 0 Å². The van der Waals surface area contributed by atoms with Gasteiger partial charge in [0.1, 0.15) is 11.6 Å². The lowest BCUT2D eigenvalue weighted by Crippen LogP contribution is -2.31. The summed E-state index contributed by atoms with van der Waals surface area (Å²) in [6.07, 6.45) is -1.15. The average Bonchev–Trinajstić information content (AvgIpc) is 2.62. The van der Waals surface area contributed by atoms with Crippen LogP contribution >= 0.6 is 11.6 Å². The zero-order valence-electron chi connectivity index (χ0n) is 14.0. The highest BCUT2D eigenvalue weighted by molar-refractivity contribution is 6.33. The van der Waals surface area contributed by atoms with E-state index in [1.165, 1.54) is 37.3 Å². The number of nitro groups is 1. The lowest BCUT2D eigenvalue weighted by molar-refractivity contribution is -0.384. The molecule has 2 aromatic rings. The number of non-ortho nitro benzene ring substituents is 1. The van der Waals surface area contributed by atoms with E-state index in [-0.39, 0.29) is 22.1 Å². The van der Waals surface area contributed by atoms with E-state index in [1.807, 2.05) is 0 Å². The number of esters is 1. The monoisotopic (exact) mass is 396 g/mol. The minimum atomic E-state index is -1.15. The summed E-state index contributed by atoms with van der Waals surface area (Å²) >= 11 is 5.81. The molecule has 0 bridgehead atoms. The third-order valence-electron chi connectivity index (χ3n) is 3.27. The number of halogens is 2. The highest BCUT2D eigenvalue weighted by Gasteiger charge is 2.19. The fourth-order valence-electron chi connectivity index (χ4n) is 1.92. The standard InChI is InChI=1S/C17H14ClFN2O6/c1-10(17(23)20-15-7-2-11(19)8-14(15)18)27-16(22)9-26-13-5-3-12(4-6-13)21(24)25/h2-8,10H,9H2,1H3,(H,20,23)/t10-/m0/s1. The molecule has 8 nitrogen and oxygen atoms in total. The van der Waals surface area contributed by atoms with Gasteiger partial charge in [-0.2, -0.15) is 0 Å². The number of amides is 1. The van der Waals surface area contributed by atoms with Crippen molar-refractivity contribution >= 4 is 34.9 Å². The molecule has 0 saturated heterocycles. The summed E-state index contributed by atoms with van der Waals surface area (Å²) in [5.74, 6) is -1.80. The highest BCUT2D eigenvalue weighted by atomic mass is 35.5. The number of hydrogen-bond acceptors (Lipinski definition) is 6. The maximum Gasteiger partial charge on any atom is 0.344 e. The molecule has 0 aliphatic rings. The molecule has 10 heteroatoms. The molecule has 2 aromatic carbocycles. The minimum Gasteiger partial charge on any atom is -0.482 e. The molecule has 1 N–H and O–H groups in total. The first kappa shape index (κ1) is 20.1. The van der Waals surface area contributed by atoms with Crippen LogP contribution in [0.15, 0.2) is 42.5 Å². The van der Waals surface area contributed by atoms with Crippen molar-refractivity contribution in [2.24, 2.45) is 0 Å². The van der Waals surface area contributed by atoms with Gasteiger partial charge in [-0.3, -0.25) is 14.9 Å². The van der Waals surface area contributed by atoms with Crippen LogP contribution in [0.3, 0.4) is 0 Å². The van der Waals surface area contributed by atoms with Gasteiger partial charge in [0.25, 0.3) is 11.6 Å². The van der Waals surface area contributed by atoms with E-state index < -0.39 is 35.3 Å². The molecule has 1 amide bonds. The third kappa shape index (κ3) is 5.93. The first-order valence-electron chi connectivity index (χ1n) is 7.59. The average molecular weight is 397 g/mol. The molecule has 0 aliphatic carbocycles. The SMILES string of the molecule is C[C@H](OC(=O)COc1ccc([N+](=O)[O-])cc1)C(=O)Nc1ccc(F)cc1Cl. The van der Waals surface area contributed by atoms with E-state index in [1.54, 1.807) is 0 Å². The fourth-order valence-corrected chi connectivity index (χ4v) is 2.13. The number of nitrogens with one attached hydrogen (secondary N) is 1. The summed E-state index contributed by atoms with van der Waals surface area (Å²) < 4.78 is 23.1. The summed E-state index contributed by atoms with van der Waals surface area (Å²) in [7, 11) is 0. The zero-order valence-corrected chi connectivity index (χ0v) is 14.7. The fraction of sp³-hybridized carbons (Fsp3) is 0.176. The summed E-state index contributed by atoms with van der Waals surface area (Å²) in [6.45, 7) is 0.850. The molecule has 142 valence electrons. The van der Waals surface area contributed by atoms with Gasteiger partial charge in [0.05, 0.1) is 15.6 Å². The van der Waals surface area contributed by atoms with E-state index in [2.05, 4.69) is 5.32 Å². The Morgan fingerprint density at radius 2 is 1.93 bits per heavy atom. The zero-order chi connectivity index (χ0) is 20.0. The van der Waals surface area contributed by atoms with Crippen LogP contribution in [0, 0.1) is 15.9 Å². The molecule has 0 saturated carbocycles. The quantitative estimate of drug-likeness (QED) is 0.437. The molecule has 0 heterocycles. The molecule has 27 heavy (non-hydrogen) atoms. The van der Waals surface area contributed by atoms with Crippen LogP contribution in [0.4, 0.5) is 15.8 Å². The van der Waals surface area contributed by atoms with E-state index in [0.29, 0.717) is 0 Å². The van der Waals surface area contributed by atoms with Crippen molar-refractivity contribution in [3.05, 3.63) is 63.4 Å². The second-order valence-electron chi connectivity index (χ2n) is 5.29. The Labute approximate surface area is 158 Å². The third-order valence-corrected chi connectivity index (χ3v) is 3.58. The smallest absolute Gasteiger partial charge is 0.344 e. The highest BCUT2D eigenvalue weighted by Crippen LogP contribution is 2.22. The van der Waals surface area contributed by atoms with E-state index >= 15 is 0 Å². The van der Waals surface area contributed by atoms with Gasteiger partial charge < -0.3 is 14.8 Å². The van der Waals surface area contributed by atoms with Crippen molar-refractivity contribution in [1.29, 1.82) is 0 Å². The first-order chi connectivity index (χ1) is 12.8. The molecule has 2 rings (SSSR count). The molecule has 0 spiro atoms. The molecule has 0 unspecified atom stereocenters. The molecule has 0 radical (unpaired) electrons. The number of hydrogen-bond donors (Lipinski definition) is 1. The molecule has 1 atom stereocenters. The van der Waals surface area contributed by atoms with Crippen LogP contribution in [0.1, 0.15) is 6.92 Å². The lowest BCUT2D eigenvalue weighted by Gasteiger charge is -2.14. The molecule has 0 aliphatic heterocycles. The maximum atomic E-state index is 13.0. The second-order valence-corrected chi connectivity index (χ2v) is 5.69. The van der Waals surface area contributed by atoms with Gasteiger partial charge in [-0.05, 0) is 37.3 Å². The van der Waals surface area contributed by atoms with E-state index in [9.17, 15) is 24.1 Å². The van der Waals surface area contributed by atoms with Gasteiger partial charge >= 0.3 is 5.97 Å². The second kappa shape index (κ2) is 8.95. The predicted molar refractivity (Wildman–Crippen MR) is 94.2 cm³/mol. The number of carbonyl (C=O) groups is 2. The lowest BCUT2D eigenvalue weighted by atomic mass is 10.3. The number of benzene rings is 2. The van der Waals surface area contributed by atoms with Gasteiger partial charge in [-0.25, -0.2) is 9.18 Å². The van der Waals surface area contributed by atoms with Crippen molar-refractivity contribution in [1.82, 2.24) is 0 Å². The van der Waals surface area contributed by atoms with Gasteiger partial charge in [0.2, 0.25) is 0 Å². The van der Waals surface area contributed by atoms with Crippen LogP contribution in [0.25, 0.3) is 0 Å². The molecular formula is C17H14ClFN2O6. The Morgan fingerprint density at radius 3 is 2.52 bits per heavy atom. The van der Waals surface area contributed by atoms with Gasteiger partial charge in [0, 0.05) is 12.1 Å². The number of nitrogens with zero attached hydrogens (tertiary/aromatic N) is 1. The summed E-state index contributed by atoms with van der Waals surface area (Å²) in [6, 6.07) is 8.55. The summed E-state index contributed by atoms with van der Waals surface area (Å²) in [4.78, 5) is 33.8. The largest absolute Gasteiger partial charge is 0.482 e. The van der Waals surface area contributed by atoms with Crippen LogP contribution in [-0.2, 0) is 14.3 Å². The molecule has 0 fully saturated rings. The summed E-state index contributed by atoms with van der Waals surface area (Å²) in [5.41, 5.74) is 0.0581. The Bertz CT molecular complexity index is 859. The Morgan fingerprint density at radius 1 is 1.26 bits per heavy atom. The molecule has 0 aromatic heterocycles. The number of nitro benzene ring substituents is 1. The first-order valence-corrected chi connectivity index (χ1v) is 7.96. The van der Waals surface area contributed by atoms with Crippen molar-refractivity contribution < 1.29 is 28.4 Å². The minimum absolute atomic E-state index is 0.00313. The van der Waals surface area contributed by atoms with Crippen LogP contribution < -0.4 is 10.1 Å². The number of rotatable bonds is 7. The van der Waals surface area contributed by atoms with Gasteiger partial charge in [0.15, 0.2) is 12.7 Å². The molecular weight excluding hydrogens is 383 g/mol. The number of anilines is 1. The predicted octanol–water partition coefficient (Wildman–Crippen LogP) is 3.34. The normalized spacial score (nSPS) is 11.4.